The summed E-state index contributed by atoms with van der Waals surface area (Å²) in [6.07, 6.45) is 6.14. The Balaban J connectivity index is 2.06. The molecule has 1 rings (SSSR count). The summed E-state index contributed by atoms with van der Waals surface area (Å²) in [5.74, 6) is 0.515. The molecule has 0 spiro atoms. The van der Waals surface area contributed by atoms with E-state index in [-0.39, 0.29) is 0 Å². The molecule has 20 heavy (non-hydrogen) atoms. The Labute approximate surface area is 126 Å². The van der Waals surface area contributed by atoms with Gasteiger partial charge in [0.05, 0.1) is 0 Å². The topological polar surface area (TPSA) is 26.7 Å². The number of aliphatic hydroxyl groups excluding tert-OH is 1. The number of aliphatic hydroxyl groups is 1. The third-order valence-electron chi connectivity index (χ3n) is 4.49. The first-order chi connectivity index (χ1) is 9.40. The van der Waals surface area contributed by atoms with E-state index in [0.717, 1.165) is 0 Å². The van der Waals surface area contributed by atoms with Crippen molar-refractivity contribution in [2.45, 2.75) is 52.9 Å². The molecule has 1 heterocycles. The Bertz CT molecular complexity index is 242. The normalized spacial score (nSPS) is 20.2. The molecule has 0 aromatic carbocycles. The molecule has 1 aliphatic rings. The summed E-state index contributed by atoms with van der Waals surface area (Å²) in [7, 11) is 2.21. The summed E-state index contributed by atoms with van der Waals surface area (Å²) >= 11 is 0. The van der Waals surface area contributed by atoms with Gasteiger partial charge in [-0.05, 0) is 50.6 Å². The molecule has 0 bridgehead atoms. The van der Waals surface area contributed by atoms with Crippen LogP contribution in [0.15, 0.2) is 0 Å². The number of rotatable bonds is 8. The second-order valence-electron chi connectivity index (χ2n) is 7.79. The third-order valence-corrected chi connectivity index (χ3v) is 4.49. The van der Waals surface area contributed by atoms with Gasteiger partial charge in [0.1, 0.15) is 0 Å². The molecule has 1 fully saturated rings. The van der Waals surface area contributed by atoms with Crippen molar-refractivity contribution in [1.82, 2.24) is 9.80 Å². The number of piperazine rings is 1. The van der Waals surface area contributed by atoms with E-state index < -0.39 is 0 Å². The fourth-order valence-corrected chi connectivity index (χ4v) is 2.80. The fourth-order valence-electron chi connectivity index (χ4n) is 2.80. The number of unbranched alkanes of at least 4 members (excludes halogenated alkanes) is 1. The van der Waals surface area contributed by atoms with Gasteiger partial charge in [0, 0.05) is 32.8 Å². The minimum absolute atomic E-state index is 0.366. The molecule has 1 saturated heterocycles. The quantitative estimate of drug-likeness (QED) is 0.694. The van der Waals surface area contributed by atoms with Gasteiger partial charge in [-0.15, -0.1) is 0 Å². The Kier molecular flexibility index (Phi) is 8.08. The largest absolute Gasteiger partial charge is 0.396 e. The maximum absolute atomic E-state index is 9.48. The maximum Gasteiger partial charge on any atom is 0.0459 e. The third kappa shape index (κ3) is 8.23. The van der Waals surface area contributed by atoms with Gasteiger partial charge in [0.25, 0.3) is 0 Å². The molecule has 1 atom stereocenters. The maximum atomic E-state index is 9.48. The molecule has 3 heteroatoms. The van der Waals surface area contributed by atoms with Crippen LogP contribution in [-0.2, 0) is 0 Å². The Morgan fingerprint density at radius 1 is 1.00 bits per heavy atom. The summed E-state index contributed by atoms with van der Waals surface area (Å²) in [5, 5.41) is 9.48. The van der Waals surface area contributed by atoms with Crippen molar-refractivity contribution in [3.63, 3.8) is 0 Å². The van der Waals surface area contributed by atoms with Crippen molar-refractivity contribution in [2.24, 2.45) is 11.3 Å². The first kappa shape index (κ1) is 17.9. The van der Waals surface area contributed by atoms with Crippen molar-refractivity contribution in [3.8, 4) is 0 Å². The van der Waals surface area contributed by atoms with E-state index in [9.17, 15) is 5.11 Å². The van der Waals surface area contributed by atoms with Crippen LogP contribution >= 0.6 is 0 Å². The second-order valence-corrected chi connectivity index (χ2v) is 7.79. The molecule has 0 saturated carbocycles. The predicted octanol–water partition coefficient (Wildman–Crippen LogP) is 2.84. The summed E-state index contributed by atoms with van der Waals surface area (Å²) in [5.41, 5.74) is 0.396. The molecule has 1 N–H and O–H groups in total. The molecule has 0 radical (unpaired) electrons. The zero-order chi connectivity index (χ0) is 15.0. The highest BCUT2D eigenvalue weighted by Gasteiger charge is 2.16. The average Bonchev–Trinajstić information content (AvgIpc) is 2.39. The van der Waals surface area contributed by atoms with Crippen molar-refractivity contribution in [2.75, 3.05) is 46.4 Å². The molecule has 0 aromatic rings. The van der Waals surface area contributed by atoms with Crippen molar-refractivity contribution in [1.29, 1.82) is 0 Å². The van der Waals surface area contributed by atoms with Crippen molar-refractivity contribution < 1.29 is 5.11 Å². The van der Waals surface area contributed by atoms with Crippen LogP contribution in [0.2, 0.25) is 0 Å². The highest BCUT2D eigenvalue weighted by molar-refractivity contribution is 4.70. The van der Waals surface area contributed by atoms with Gasteiger partial charge in [-0.1, -0.05) is 27.2 Å². The summed E-state index contributed by atoms with van der Waals surface area (Å²) < 4.78 is 0. The summed E-state index contributed by atoms with van der Waals surface area (Å²) in [6, 6.07) is 0. The van der Waals surface area contributed by atoms with Gasteiger partial charge in [-0.3, -0.25) is 0 Å². The molecular formula is C17H36N2O. The highest BCUT2D eigenvalue weighted by Crippen LogP contribution is 2.25. The van der Waals surface area contributed by atoms with Crippen LogP contribution in [0.4, 0.5) is 0 Å². The standard InChI is InChI=1S/C17H36N2O/c1-17(2,3)9-8-16(15-20)7-5-6-10-19-13-11-18(4)12-14-19/h16,20H,5-15H2,1-4H3/t16-/m0/s1. The van der Waals surface area contributed by atoms with Crippen LogP contribution in [0, 0.1) is 11.3 Å². The van der Waals surface area contributed by atoms with E-state index in [2.05, 4.69) is 37.6 Å². The minimum Gasteiger partial charge on any atom is -0.396 e. The fraction of sp³-hybridized carbons (Fsp3) is 1.00. The van der Waals surface area contributed by atoms with Gasteiger partial charge in [-0.2, -0.15) is 0 Å². The van der Waals surface area contributed by atoms with Crippen molar-refractivity contribution in [3.05, 3.63) is 0 Å². The smallest absolute Gasteiger partial charge is 0.0459 e. The number of hydrogen-bond donors (Lipinski definition) is 1. The first-order valence-electron chi connectivity index (χ1n) is 8.42. The predicted molar refractivity (Wildman–Crippen MR) is 87.1 cm³/mol. The monoisotopic (exact) mass is 284 g/mol. The lowest BCUT2D eigenvalue weighted by Crippen LogP contribution is -2.44. The molecule has 120 valence electrons. The van der Waals surface area contributed by atoms with E-state index in [4.69, 9.17) is 0 Å². The number of likely N-dealkylation sites (N-methyl/N-ethyl adjacent to an activating group) is 1. The van der Waals surface area contributed by atoms with Gasteiger partial charge in [0.15, 0.2) is 0 Å². The molecule has 0 aliphatic carbocycles. The molecule has 0 unspecified atom stereocenters. The van der Waals surface area contributed by atoms with Gasteiger partial charge < -0.3 is 14.9 Å². The SMILES string of the molecule is CN1CCN(CCCC[C@H](CO)CCC(C)(C)C)CC1. The van der Waals surface area contributed by atoms with Crippen LogP contribution in [0.5, 0.6) is 0 Å². The van der Waals surface area contributed by atoms with Crippen LogP contribution in [-0.4, -0.2) is 61.3 Å². The van der Waals surface area contributed by atoms with Gasteiger partial charge in [0.2, 0.25) is 0 Å². The number of nitrogens with zero attached hydrogens (tertiary/aromatic N) is 2. The van der Waals surface area contributed by atoms with E-state index in [1.807, 2.05) is 0 Å². The lowest BCUT2D eigenvalue weighted by Gasteiger charge is -2.32. The minimum atomic E-state index is 0.366. The Morgan fingerprint density at radius 3 is 2.20 bits per heavy atom. The lowest BCUT2D eigenvalue weighted by molar-refractivity contribution is 0.148. The second kappa shape index (κ2) is 9.01. The van der Waals surface area contributed by atoms with Crippen LogP contribution < -0.4 is 0 Å². The molecule has 0 aromatic heterocycles. The molecule has 0 amide bonds. The Morgan fingerprint density at radius 2 is 1.65 bits per heavy atom. The van der Waals surface area contributed by atoms with E-state index in [0.29, 0.717) is 17.9 Å². The number of hydrogen-bond acceptors (Lipinski definition) is 3. The van der Waals surface area contributed by atoms with Gasteiger partial charge >= 0.3 is 0 Å². The zero-order valence-electron chi connectivity index (χ0n) is 14.2. The van der Waals surface area contributed by atoms with E-state index in [1.165, 1.54) is 64.8 Å². The zero-order valence-corrected chi connectivity index (χ0v) is 14.2. The van der Waals surface area contributed by atoms with E-state index >= 15 is 0 Å². The molecule has 1 aliphatic heterocycles. The summed E-state index contributed by atoms with van der Waals surface area (Å²) in [4.78, 5) is 4.99. The van der Waals surface area contributed by atoms with Crippen LogP contribution in [0.3, 0.4) is 0 Å². The van der Waals surface area contributed by atoms with Crippen molar-refractivity contribution >= 4 is 0 Å². The average molecular weight is 284 g/mol. The van der Waals surface area contributed by atoms with Crippen LogP contribution in [0.25, 0.3) is 0 Å². The summed E-state index contributed by atoms with van der Waals surface area (Å²) in [6.45, 7) is 13.3. The molecular weight excluding hydrogens is 248 g/mol. The Hall–Kier alpha value is -0.120. The van der Waals surface area contributed by atoms with E-state index in [1.54, 1.807) is 0 Å². The highest BCUT2D eigenvalue weighted by atomic mass is 16.3. The van der Waals surface area contributed by atoms with Crippen LogP contribution in [0.1, 0.15) is 52.9 Å². The van der Waals surface area contributed by atoms with Gasteiger partial charge in [-0.25, -0.2) is 0 Å². The lowest BCUT2D eigenvalue weighted by atomic mass is 9.85. The first-order valence-corrected chi connectivity index (χ1v) is 8.42. The molecule has 3 nitrogen and oxygen atoms in total.